The van der Waals surface area contributed by atoms with Crippen LogP contribution < -0.4 is 5.73 Å². The van der Waals surface area contributed by atoms with Crippen LogP contribution in [0.15, 0.2) is 6.33 Å². The minimum atomic E-state index is 0.648. The van der Waals surface area contributed by atoms with Gasteiger partial charge in [0.2, 0.25) is 0 Å². The van der Waals surface area contributed by atoms with Gasteiger partial charge >= 0.3 is 0 Å². The van der Waals surface area contributed by atoms with E-state index in [0.717, 1.165) is 25.2 Å². The number of hydrogen-bond acceptors (Lipinski definition) is 3. The minimum absolute atomic E-state index is 0.648. The van der Waals surface area contributed by atoms with Crippen molar-refractivity contribution in [3.8, 4) is 0 Å². The Morgan fingerprint density at radius 1 is 1.64 bits per heavy atom. The summed E-state index contributed by atoms with van der Waals surface area (Å²) < 4.78 is 2.00. The van der Waals surface area contributed by atoms with E-state index in [9.17, 15) is 0 Å². The highest BCUT2D eigenvalue weighted by atomic mass is 15.3. The van der Waals surface area contributed by atoms with E-state index in [1.54, 1.807) is 6.33 Å². The predicted octanol–water partition coefficient (Wildman–Crippen LogP) is 0.189. The van der Waals surface area contributed by atoms with Gasteiger partial charge in [0, 0.05) is 19.5 Å². The van der Waals surface area contributed by atoms with Crippen LogP contribution in [-0.4, -0.2) is 21.3 Å². The van der Waals surface area contributed by atoms with Gasteiger partial charge in [0.05, 0.1) is 0 Å². The average Bonchev–Trinajstić information content (AvgIpc) is 2.39. The second-order valence-electron chi connectivity index (χ2n) is 2.48. The normalized spacial score (nSPS) is 10.4. The van der Waals surface area contributed by atoms with Crippen LogP contribution >= 0.6 is 0 Å². The zero-order valence-corrected chi connectivity index (χ0v) is 6.82. The first-order chi connectivity index (χ1) is 5.38. The molecule has 0 aliphatic carbocycles. The van der Waals surface area contributed by atoms with Crippen molar-refractivity contribution in [3.63, 3.8) is 0 Å². The molecular weight excluding hydrogens is 140 g/mol. The largest absolute Gasteiger partial charge is 0.329 e. The summed E-state index contributed by atoms with van der Waals surface area (Å²) in [5.41, 5.74) is 5.41. The lowest BCUT2D eigenvalue weighted by atomic mass is 10.3. The molecule has 62 valence electrons. The number of nitrogens with two attached hydrogens (primary N) is 1. The van der Waals surface area contributed by atoms with Crippen LogP contribution in [-0.2, 0) is 13.0 Å². The molecule has 0 saturated heterocycles. The van der Waals surface area contributed by atoms with Gasteiger partial charge in [0.15, 0.2) is 0 Å². The van der Waals surface area contributed by atoms with E-state index in [1.165, 1.54) is 0 Å². The molecule has 0 radical (unpaired) electrons. The Bertz CT molecular complexity index is 185. The quantitative estimate of drug-likeness (QED) is 0.673. The Balaban J connectivity index is 2.62. The zero-order chi connectivity index (χ0) is 8.10. The van der Waals surface area contributed by atoms with Crippen LogP contribution in [0.25, 0.3) is 0 Å². The highest BCUT2D eigenvalue weighted by Gasteiger charge is 2.00. The van der Waals surface area contributed by atoms with Crippen molar-refractivity contribution in [1.29, 1.82) is 0 Å². The first-order valence-electron chi connectivity index (χ1n) is 3.95. The fourth-order valence-electron chi connectivity index (χ4n) is 1.02. The molecule has 0 saturated carbocycles. The van der Waals surface area contributed by atoms with Crippen LogP contribution in [0.2, 0.25) is 0 Å². The smallest absolute Gasteiger partial charge is 0.132 e. The van der Waals surface area contributed by atoms with Crippen LogP contribution in [0.1, 0.15) is 19.2 Å². The van der Waals surface area contributed by atoms with Crippen molar-refractivity contribution in [2.24, 2.45) is 5.73 Å². The lowest BCUT2D eigenvalue weighted by Crippen LogP contribution is -2.11. The summed E-state index contributed by atoms with van der Waals surface area (Å²) in [6, 6.07) is 0. The topological polar surface area (TPSA) is 56.7 Å². The molecule has 2 N–H and O–H groups in total. The van der Waals surface area contributed by atoms with Crippen molar-refractivity contribution in [2.45, 2.75) is 26.3 Å². The van der Waals surface area contributed by atoms with E-state index in [2.05, 4.69) is 17.1 Å². The minimum Gasteiger partial charge on any atom is -0.329 e. The van der Waals surface area contributed by atoms with Gasteiger partial charge < -0.3 is 10.3 Å². The second kappa shape index (κ2) is 4.08. The molecule has 11 heavy (non-hydrogen) atoms. The summed E-state index contributed by atoms with van der Waals surface area (Å²) in [6.45, 7) is 3.60. The third-order valence-corrected chi connectivity index (χ3v) is 1.54. The number of aryl methyl sites for hydroxylation is 1. The summed E-state index contributed by atoms with van der Waals surface area (Å²) in [5.74, 6) is 1.04. The van der Waals surface area contributed by atoms with Crippen molar-refractivity contribution in [1.82, 2.24) is 14.8 Å². The van der Waals surface area contributed by atoms with Crippen molar-refractivity contribution < 1.29 is 0 Å². The molecule has 1 aromatic rings. The molecule has 0 amide bonds. The lowest BCUT2D eigenvalue weighted by Gasteiger charge is -2.01. The maximum absolute atomic E-state index is 5.41. The average molecular weight is 154 g/mol. The third kappa shape index (κ3) is 2.01. The molecule has 4 nitrogen and oxygen atoms in total. The molecule has 0 unspecified atom stereocenters. The SMILES string of the molecule is CCCc1nncn1CCN. The van der Waals surface area contributed by atoms with E-state index < -0.39 is 0 Å². The van der Waals surface area contributed by atoms with E-state index in [-0.39, 0.29) is 0 Å². The van der Waals surface area contributed by atoms with Gasteiger partial charge in [-0.05, 0) is 6.42 Å². The monoisotopic (exact) mass is 154 g/mol. The molecule has 0 fully saturated rings. The molecule has 4 heteroatoms. The fourth-order valence-corrected chi connectivity index (χ4v) is 1.02. The highest BCUT2D eigenvalue weighted by molar-refractivity contribution is 4.85. The molecule has 0 aliphatic rings. The van der Waals surface area contributed by atoms with E-state index in [0.29, 0.717) is 6.54 Å². The molecule has 1 rings (SSSR count). The molecule has 1 heterocycles. The molecule has 0 aromatic carbocycles. The summed E-state index contributed by atoms with van der Waals surface area (Å²) in [7, 11) is 0. The number of nitrogens with zero attached hydrogens (tertiary/aromatic N) is 3. The molecule has 0 bridgehead atoms. The molecule has 0 atom stereocenters. The Hall–Kier alpha value is -0.900. The number of aromatic nitrogens is 3. The van der Waals surface area contributed by atoms with Crippen LogP contribution in [0.5, 0.6) is 0 Å². The number of rotatable bonds is 4. The van der Waals surface area contributed by atoms with Crippen molar-refractivity contribution in [3.05, 3.63) is 12.2 Å². The fraction of sp³-hybridized carbons (Fsp3) is 0.714. The Morgan fingerprint density at radius 3 is 3.09 bits per heavy atom. The van der Waals surface area contributed by atoms with Crippen LogP contribution in [0.4, 0.5) is 0 Å². The Labute approximate surface area is 66.4 Å². The summed E-state index contributed by atoms with van der Waals surface area (Å²) in [6.07, 6.45) is 3.82. The van der Waals surface area contributed by atoms with E-state index >= 15 is 0 Å². The van der Waals surface area contributed by atoms with E-state index in [1.807, 2.05) is 4.57 Å². The van der Waals surface area contributed by atoms with Crippen LogP contribution in [0, 0.1) is 0 Å². The maximum Gasteiger partial charge on any atom is 0.132 e. The number of hydrogen-bond donors (Lipinski definition) is 1. The van der Waals surface area contributed by atoms with Crippen LogP contribution in [0.3, 0.4) is 0 Å². The first-order valence-corrected chi connectivity index (χ1v) is 3.95. The Morgan fingerprint density at radius 2 is 2.45 bits per heavy atom. The zero-order valence-electron chi connectivity index (χ0n) is 6.82. The standard InChI is InChI=1S/C7H14N4/c1-2-3-7-10-9-6-11(7)5-4-8/h6H,2-5,8H2,1H3. The van der Waals surface area contributed by atoms with Crippen molar-refractivity contribution in [2.75, 3.05) is 6.54 Å². The molecule has 1 aromatic heterocycles. The van der Waals surface area contributed by atoms with Gasteiger partial charge in [-0.25, -0.2) is 0 Å². The molecule has 0 spiro atoms. The van der Waals surface area contributed by atoms with Gasteiger partial charge in [0.1, 0.15) is 12.2 Å². The first kappa shape index (κ1) is 8.20. The van der Waals surface area contributed by atoms with E-state index in [4.69, 9.17) is 5.73 Å². The van der Waals surface area contributed by atoms with Gasteiger partial charge in [0.25, 0.3) is 0 Å². The lowest BCUT2D eigenvalue weighted by molar-refractivity contribution is 0.651. The maximum atomic E-state index is 5.41. The van der Waals surface area contributed by atoms with Gasteiger partial charge in [-0.3, -0.25) is 0 Å². The molecule has 0 aliphatic heterocycles. The molecular formula is C7H14N4. The summed E-state index contributed by atoms with van der Waals surface area (Å²) in [4.78, 5) is 0. The van der Waals surface area contributed by atoms with Gasteiger partial charge in [-0.2, -0.15) is 0 Å². The second-order valence-corrected chi connectivity index (χ2v) is 2.48. The third-order valence-electron chi connectivity index (χ3n) is 1.54. The van der Waals surface area contributed by atoms with Crippen molar-refractivity contribution >= 4 is 0 Å². The summed E-state index contributed by atoms with van der Waals surface area (Å²) >= 11 is 0. The highest BCUT2D eigenvalue weighted by Crippen LogP contribution is 1.97. The Kier molecular flexibility index (Phi) is 3.04. The van der Waals surface area contributed by atoms with Gasteiger partial charge in [-0.1, -0.05) is 6.92 Å². The predicted molar refractivity (Wildman–Crippen MR) is 43.1 cm³/mol. The summed E-state index contributed by atoms with van der Waals surface area (Å²) in [5, 5.41) is 7.80. The van der Waals surface area contributed by atoms with Gasteiger partial charge in [-0.15, -0.1) is 10.2 Å².